The van der Waals surface area contributed by atoms with Crippen LogP contribution in [0.25, 0.3) is 27.7 Å². The standard InChI is InChI=1S/C33H31F4N5O4/c1-6-21(44)40-14-18-10-12-46-31-24-30(26(36)23(27(31)37)22-20(43)8-7-19(34)25(22)35)42(29-16(4)9-11-38-28(29)15(2)3)33(45)39-32(24)41(18)13-17(40)5/h6-9,11,15,17-18,43H,1,10,12-14H2,2-5H3. The van der Waals surface area contributed by atoms with Gasteiger partial charge in [-0.3, -0.25) is 14.3 Å². The quantitative estimate of drug-likeness (QED) is 0.233. The lowest BCUT2D eigenvalue weighted by Gasteiger charge is -2.46. The van der Waals surface area contributed by atoms with Crippen molar-refractivity contribution in [2.24, 2.45) is 0 Å². The molecule has 1 amide bonds. The van der Waals surface area contributed by atoms with E-state index in [-0.39, 0.29) is 54.8 Å². The first-order chi connectivity index (χ1) is 21.9. The average molecular weight is 638 g/mol. The predicted molar refractivity (Wildman–Crippen MR) is 164 cm³/mol. The lowest BCUT2D eigenvalue weighted by atomic mass is 9.96. The minimum atomic E-state index is -1.68. The van der Waals surface area contributed by atoms with Gasteiger partial charge in [-0.1, -0.05) is 20.4 Å². The van der Waals surface area contributed by atoms with Gasteiger partial charge < -0.3 is 19.6 Å². The van der Waals surface area contributed by atoms with Gasteiger partial charge in [-0.15, -0.1) is 0 Å². The van der Waals surface area contributed by atoms with Crippen molar-refractivity contribution >= 4 is 22.6 Å². The molecule has 1 N–H and O–H groups in total. The first kappa shape index (κ1) is 31.1. The lowest BCUT2D eigenvalue weighted by molar-refractivity contribution is -0.129. The van der Waals surface area contributed by atoms with Gasteiger partial charge in [0, 0.05) is 31.7 Å². The summed E-state index contributed by atoms with van der Waals surface area (Å²) in [6, 6.07) is 2.17. The number of carbonyl (C=O) groups excluding carboxylic acids is 1. The second-order valence-electron chi connectivity index (χ2n) is 11.9. The van der Waals surface area contributed by atoms with Gasteiger partial charge in [0.1, 0.15) is 17.1 Å². The van der Waals surface area contributed by atoms with Gasteiger partial charge in [0.05, 0.1) is 40.5 Å². The van der Waals surface area contributed by atoms with Crippen molar-refractivity contribution < 1.29 is 32.2 Å². The van der Waals surface area contributed by atoms with Crippen LogP contribution in [0.2, 0.25) is 0 Å². The zero-order chi connectivity index (χ0) is 33.2. The molecular formula is C33H31F4N5O4. The molecule has 9 nitrogen and oxygen atoms in total. The number of anilines is 1. The van der Waals surface area contributed by atoms with E-state index in [2.05, 4.69) is 16.5 Å². The number of amides is 1. The molecule has 1 saturated heterocycles. The highest BCUT2D eigenvalue weighted by atomic mass is 19.2. The molecule has 2 atom stereocenters. The Morgan fingerprint density at radius 1 is 1.11 bits per heavy atom. The van der Waals surface area contributed by atoms with E-state index in [1.165, 1.54) is 12.3 Å². The number of ether oxygens (including phenoxy) is 1. The van der Waals surface area contributed by atoms with Gasteiger partial charge >= 0.3 is 5.69 Å². The largest absolute Gasteiger partial charge is 0.507 e. The zero-order valence-electron chi connectivity index (χ0n) is 25.6. The van der Waals surface area contributed by atoms with Crippen LogP contribution in [0.5, 0.6) is 11.5 Å². The van der Waals surface area contributed by atoms with Crippen molar-refractivity contribution in [2.45, 2.75) is 52.1 Å². The number of halogens is 4. The summed E-state index contributed by atoms with van der Waals surface area (Å²) < 4.78 is 70.4. The van der Waals surface area contributed by atoms with Crippen molar-refractivity contribution in [1.82, 2.24) is 19.4 Å². The highest BCUT2D eigenvalue weighted by Crippen LogP contribution is 2.47. The Morgan fingerprint density at radius 2 is 1.85 bits per heavy atom. The summed E-state index contributed by atoms with van der Waals surface area (Å²) in [6.07, 6.45) is 2.98. The van der Waals surface area contributed by atoms with E-state index >= 15 is 13.2 Å². The van der Waals surface area contributed by atoms with Gasteiger partial charge in [-0.2, -0.15) is 4.98 Å². The second-order valence-corrected chi connectivity index (χ2v) is 11.9. The summed E-state index contributed by atoms with van der Waals surface area (Å²) in [7, 11) is 0. The highest BCUT2D eigenvalue weighted by Gasteiger charge is 2.40. The molecule has 1 fully saturated rings. The fourth-order valence-corrected chi connectivity index (χ4v) is 6.46. The van der Waals surface area contributed by atoms with E-state index < -0.39 is 69.2 Å². The Bertz CT molecular complexity index is 2000. The van der Waals surface area contributed by atoms with Gasteiger partial charge in [0.15, 0.2) is 29.0 Å². The second kappa shape index (κ2) is 11.5. The monoisotopic (exact) mass is 637 g/mol. The normalized spacial score (nSPS) is 17.8. The molecule has 0 spiro atoms. The molecule has 6 rings (SSSR count). The van der Waals surface area contributed by atoms with Crippen molar-refractivity contribution in [2.75, 3.05) is 24.6 Å². The molecule has 2 aromatic carbocycles. The Kier molecular flexibility index (Phi) is 7.73. The number of piperazine rings is 1. The molecule has 2 aliphatic rings. The number of phenolic OH excluding ortho intramolecular Hbond substituents is 1. The van der Waals surface area contributed by atoms with Crippen LogP contribution in [0.4, 0.5) is 23.4 Å². The molecule has 4 heterocycles. The van der Waals surface area contributed by atoms with Crippen LogP contribution in [-0.4, -0.2) is 62.2 Å². The molecule has 0 saturated carbocycles. The number of aryl methyl sites for hydroxylation is 1. The molecule has 2 aromatic heterocycles. The van der Waals surface area contributed by atoms with E-state index in [1.807, 2.05) is 13.8 Å². The Morgan fingerprint density at radius 3 is 2.54 bits per heavy atom. The number of hydrogen-bond acceptors (Lipinski definition) is 7. The van der Waals surface area contributed by atoms with Crippen LogP contribution in [0.15, 0.2) is 41.8 Å². The first-order valence-corrected chi connectivity index (χ1v) is 14.8. The molecule has 13 heteroatoms. The van der Waals surface area contributed by atoms with Crippen LogP contribution in [0, 0.1) is 30.2 Å². The lowest BCUT2D eigenvalue weighted by Crippen LogP contribution is -2.60. The number of nitrogens with zero attached hydrogens (tertiary/aromatic N) is 5. The highest BCUT2D eigenvalue weighted by molar-refractivity contribution is 6.01. The molecule has 0 bridgehead atoms. The molecule has 0 radical (unpaired) electrons. The van der Waals surface area contributed by atoms with E-state index in [0.717, 1.165) is 10.6 Å². The summed E-state index contributed by atoms with van der Waals surface area (Å²) in [5.74, 6) is -8.10. The first-order valence-electron chi connectivity index (χ1n) is 14.8. The summed E-state index contributed by atoms with van der Waals surface area (Å²) in [6.45, 7) is 10.9. The Hall–Kier alpha value is -4.94. The van der Waals surface area contributed by atoms with Crippen molar-refractivity contribution in [3.05, 3.63) is 82.1 Å². The number of pyridine rings is 1. The minimum absolute atomic E-state index is 0.0885. The molecule has 4 aromatic rings. The molecule has 2 unspecified atom stereocenters. The number of phenols is 1. The van der Waals surface area contributed by atoms with Crippen molar-refractivity contribution in [3.63, 3.8) is 0 Å². The number of fused-ring (bicyclic) bond motifs is 2. The predicted octanol–water partition coefficient (Wildman–Crippen LogP) is 5.52. The third-order valence-electron chi connectivity index (χ3n) is 8.67. The SMILES string of the molecule is C=CC(=O)N1CC2CCOc3c(F)c(-c4c(O)ccc(F)c4F)c(F)c4c3c(nc(=O)n4-c3c(C)ccnc3C(C)C)N2CC1C. The average Bonchev–Trinajstić information content (AvgIpc) is 3.01. The Balaban J connectivity index is 1.78. The third-order valence-corrected chi connectivity index (χ3v) is 8.67. The topological polar surface area (TPSA) is 101 Å². The molecule has 2 aliphatic heterocycles. The van der Waals surface area contributed by atoms with E-state index in [1.54, 1.807) is 29.7 Å². The van der Waals surface area contributed by atoms with Crippen molar-refractivity contribution in [3.8, 4) is 28.3 Å². The van der Waals surface area contributed by atoms with Crippen molar-refractivity contribution in [1.29, 1.82) is 0 Å². The van der Waals surface area contributed by atoms with Gasteiger partial charge in [-0.05, 0) is 49.6 Å². The maximum atomic E-state index is 17.2. The van der Waals surface area contributed by atoms with Crippen LogP contribution >= 0.6 is 0 Å². The molecule has 240 valence electrons. The number of benzene rings is 2. The molecular weight excluding hydrogens is 606 g/mol. The number of aromatic hydroxyl groups is 1. The van der Waals surface area contributed by atoms with Gasteiger partial charge in [-0.25, -0.2) is 22.4 Å². The summed E-state index contributed by atoms with van der Waals surface area (Å²) in [5, 5.41) is 10.4. The van der Waals surface area contributed by atoms with Crippen LogP contribution in [0.3, 0.4) is 0 Å². The minimum Gasteiger partial charge on any atom is -0.507 e. The fourth-order valence-electron chi connectivity index (χ4n) is 6.46. The fraction of sp³-hybridized carbons (Fsp3) is 0.333. The summed E-state index contributed by atoms with van der Waals surface area (Å²) in [4.78, 5) is 38.9. The molecule has 0 aliphatic carbocycles. The maximum Gasteiger partial charge on any atom is 0.354 e. The van der Waals surface area contributed by atoms with Crippen LogP contribution < -0.4 is 15.3 Å². The number of carbonyl (C=O) groups is 1. The van der Waals surface area contributed by atoms with E-state index in [0.29, 0.717) is 17.3 Å². The third kappa shape index (κ3) is 4.67. The number of aromatic nitrogens is 3. The maximum absolute atomic E-state index is 17.2. The van der Waals surface area contributed by atoms with Crippen LogP contribution in [0.1, 0.15) is 44.4 Å². The summed E-state index contributed by atoms with van der Waals surface area (Å²) >= 11 is 0. The molecule has 46 heavy (non-hydrogen) atoms. The van der Waals surface area contributed by atoms with E-state index in [9.17, 15) is 19.1 Å². The number of hydrogen-bond donors (Lipinski definition) is 1. The Labute approximate surface area is 261 Å². The number of rotatable bonds is 4. The van der Waals surface area contributed by atoms with Gasteiger partial charge in [0.2, 0.25) is 5.91 Å². The van der Waals surface area contributed by atoms with Crippen LogP contribution in [-0.2, 0) is 4.79 Å². The van der Waals surface area contributed by atoms with E-state index in [4.69, 9.17) is 4.74 Å². The smallest absolute Gasteiger partial charge is 0.354 e. The van der Waals surface area contributed by atoms with Gasteiger partial charge in [0.25, 0.3) is 0 Å². The summed E-state index contributed by atoms with van der Waals surface area (Å²) in [5.41, 5.74) is -2.53. The zero-order valence-corrected chi connectivity index (χ0v) is 25.6.